The lowest BCUT2D eigenvalue weighted by molar-refractivity contribution is -0.144. The molecule has 1 aromatic carbocycles. The SMILES string of the molecule is COC(=O)C1NNC2CCC(NC(=O)C3(c4cccc(Cl)c4)CC3)CC21. The molecule has 0 spiro atoms. The summed E-state index contributed by atoms with van der Waals surface area (Å²) in [6.45, 7) is 0. The molecule has 140 valence electrons. The molecule has 4 atom stereocenters. The zero-order chi connectivity index (χ0) is 18.3. The maximum Gasteiger partial charge on any atom is 0.324 e. The van der Waals surface area contributed by atoms with Gasteiger partial charge in [-0.3, -0.25) is 15.0 Å². The second-order valence-corrected chi connectivity index (χ2v) is 8.07. The van der Waals surface area contributed by atoms with Crippen LogP contribution in [0.25, 0.3) is 0 Å². The van der Waals surface area contributed by atoms with Gasteiger partial charge in [-0.05, 0) is 49.8 Å². The number of methoxy groups -OCH3 is 1. The highest BCUT2D eigenvalue weighted by Crippen LogP contribution is 2.49. The molecule has 2 saturated carbocycles. The van der Waals surface area contributed by atoms with E-state index in [9.17, 15) is 9.59 Å². The maximum absolute atomic E-state index is 13.0. The topological polar surface area (TPSA) is 79.5 Å². The number of amides is 1. The van der Waals surface area contributed by atoms with Gasteiger partial charge in [0.2, 0.25) is 5.91 Å². The second-order valence-electron chi connectivity index (χ2n) is 7.64. The average molecular weight is 378 g/mol. The van der Waals surface area contributed by atoms with E-state index in [0.29, 0.717) is 5.02 Å². The average Bonchev–Trinajstić information content (AvgIpc) is 3.36. The summed E-state index contributed by atoms with van der Waals surface area (Å²) < 4.78 is 4.89. The predicted molar refractivity (Wildman–Crippen MR) is 97.5 cm³/mol. The first kappa shape index (κ1) is 17.8. The molecule has 4 unspecified atom stereocenters. The van der Waals surface area contributed by atoms with Gasteiger partial charge in [0.1, 0.15) is 6.04 Å². The molecule has 3 aliphatic rings. The van der Waals surface area contributed by atoms with Gasteiger partial charge < -0.3 is 10.1 Å². The number of halogens is 1. The van der Waals surface area contributed by atoms with Crippen LogP contribution in [-0.2, 0) is 19.7 Å². The summed E-state index contributed by atoms with van der Waals surface area (Å²) >= 11 is 6.11. The van der Waals surface area contributed by atoms with Crippen molar-refractivity contribution in [1.82, 2.24) is 16.2 Å². The molecule has 1 saturated heterocycles. The lowest BCUT2D eigenvalue weighted by Gasteiger charge is -2.33. The van der Waals surface area contributed by atoms with Gasteiger partial charge in [0.05, 0.1) is 12.5 Å². The van der Waals surface area contributed by atoms with Gasteiger partial charge >= 0.3 is 5.97 Å². The van der Waals surface area contributed by atoms with E-state index in [0.717, 1.165) is 37.7 Å². The van der Waals surface area contributed by atoms with Gasteiger partial charge in [-0.15, -0.1) is 0 Å². The Hall–Kier alpha value is -1.63. The third kappa shape index (κ3) is 3.10. The van der Waals surface area contributed by atoms with Gasteiger partial charge in [0.15, 0.2) is 0 Å². The number of hydrogen-bond acceptors (Lipinski definition) is 5. The van der Waals surface area contributed by atoms with Crippen molar-refractivity contribution >= 4 is 23.5 Å². The van der Waals surface area contributed by atoms with Crippen LogP contribution in [0, 0.1) is 5.92 Å². The highest BCUT2D eigenvalue weighted by atomic mass is 35.5. The Morgan fingerprint density at radius 3 is 2.77 bits per heavy atom. The first-order valence-electron chi connectivity index (χ1n) is 9.19. The van der Waals surface area contributed by atoms with Crippen molar-refractivity contribution in [3.8, 4) is 0 Å². The van der Waals surface area contributed by atoms with Crippen LogP contribution in [0.1, 0.15) is 37.7 Å². The molecule has 3 N–H and O–H groups in total. The first-order chi connectivity index (χ1) is 12.5. The lowest BCUT2D eigenvalue weighted by Crippen LogP contribution is -2.48. The molecule has 4 rings (SSSR count). The molecular formula is C19H24ClN3O3. The van der Waals surface area contributed by atoms with Crippen LogP contribution in [0.3, 0.4) is 0 Å². The minimum atomic E-state index is -0.435. The van der Waals surface area contributed by atoms with Crippen LogP contribution in [0.15, 0.2) is 24.3 Å². The second kappa shape index (κ2) is 6.83. The van der Waals surface area contributed by atoms with Gasteiger partial charge in [0.25, 0.3) is 0 Å². The fraction of sp³-hybridized carbons (Fsp3) is 0.579. The van der Waals surface area contributed by atoms with Crippen molar-refractivity contribution in [3.63, 3.8) is 0 Å². The molecule has 0 aromatic heterocycles. The summed E-state index contributed by atoms with van der Waals surface area (Å²) in [6.07, 6.45) is 4.29. The minimum absolute atomic E-state index is 0.0780. The summed E-state index contributed by atoms with van der Waals surface area (Å²) in [5, 5.41) is 3.90. The third-order valence-electron chi connectivity index (χ3n) is 6.10. The van der Waals surface area contributed by atoms with E-state index in [1.807, 2.05) is 24.3 Å². The van der Waals surface area contributed by atoms with Crippen molar-refractivity contribution in [3.05, 3.63) is 34.9 Å². The Bertz CT molecular complexity index is 722. The fourth-order valence-electron chi connectivity index (χ4n) is 4.43. The number of benzene rings is 1. The Labute approximate surface area is 158 Å². The molecule has 6 nitrogen and oxygen atoms in total. The Morgan fingerprint density at radius 1 is 1.27 bits per heavy atom. The van der Waals surface area contributed by atoms with Crippen LogP contribution in [0.4, 0.5) is 0 Å². The number of hydrazine groups is 1. The molecule has 26 heavy (non-hydrogen) atoms. The number of ether oxygens (including phenoxy) is 1. The molecule has 0 radical (unpaired) electrons. The number of fused-ring (bicyclic) bond motifs is 1. The largest absolute Gasteiger partial charge is 0.468 e. The van der Waals surface area contributed by atoms with E-state index in [1.165, 1.54) is 7.11 Å². The normalized spacial score (nSPS) is 31.8. The third-order valence-corrected chi connectivity index (χ3v) is 6.34. The van der Waals surface area contributed by atoms with E-state index in [4.69, 9.17) is 16.3 Å². The van der Waals surface area contributed by atoms with E-state index < -0.39 is 5.41 Å². The van der Waals surface area contributed by atoms with E-state index in [1.54, 1.807) is 0 Å². The summed E-state index contributed by atoms with van der Waals surface area (Å²) in [6, 6.07) is 7.56. The van der Waals surface area contributed by atoms with Crippen molar-refractivity contribution in [1.29, 1.82) is 0 Å². The first-order valence-corrected chi connectivity index (χ1v) is 9.57. The van der Waals surface area contributed by atoms with Crippen molar-refractivity contribution in [2.45, 2.75) is 55.6 Å². The molecule has 3 fully saturated rings. The maximum atomic E-state index is 13.0. The summed E-state index contributed by atoms with van der Waals surface area (Å²) in [5.74, 6) is -0.0471. The summed E-state index contributed by atoms with van der Waals surface area (Å²) in [4.78, 5) is 25.0. The highest BCUT2D eigenvalue weighted by molar-refractivity contribution is 6.30. The number of nitrogens with one attached hydrogen (secondary N) is 3. The molecule has 2 aliphatic carbocycles. The fourth-order valence-corrected chi connectivity index (χ4v) is 4.62. The van der Waals surface area contributed by atoms with Crippen molar-refractivity contribution in [2.75, 3.05) is 7.11 Å². The molecule has 1 amide bonds. The Kier molecular flexibility index (Phi) is 4.67. The minimum Gasteiger partial charge on any atom is -0.468 e. The number of carbonyl (C=O) groups is 2. The van der Waals surface area contributed by atoms with E-state index in [2.05, 4.69) is 16.2 Å². The molecule has 0 bridgehead atoms. The van der Waals surface area contributed by atoms with Crippen LogP contribution in [-0.4, -0.2) is 37.1 Å². The van der Waals surface area contributed by atoms with Crippen LogP contribution in [0.2, 0.25) is 5.02 Å². The number of carbonyl (C=O) groups excluding carboxylic acids is 2. The number of rotatable bonds is 4. The van der Waals surface area contributed by atoms with Crippen molar-refractivity contribution in [2.24, 2.45) is 5.92 Å². The monoisotopic (exact) mass is 377 g/mol. The highest BCUT2D eigenvalue weighted by Gasteiger charge is 2.52. The van der Waals surface area contributed by atoms with E-state index >= 15 is 0 Å². The summed E-state index contributed by atoms with van der Waals surface area (Å²) in [7, 11) is 1.40. The van der Waals surface area contributed by atoms with Crippen LogP contribution in [0.5, 0.6) is 0 Å². The zero-order valence-electron chi connectivity index (χ0n) is 14.8. The molecular weight excluding hydrogens is 354 g/mol. The van der Waals surface area contributed by atoms with Gasteiger partial charge in [-0.25, -0.2) is 5.43 Å². The van der Waals surface area contributed by atoms with Gasteiger partial charge in [0, 0.05) is 23.0 Å². The Morgan fingerprint density at radius 2 is 2.08 bits per heavy atom. The quantitative estimate of drug-likeness (QED) is 0.696. The van der Waals surface area contributed by atoms with E-state index in [-0.39, 0.29) is 35.9 Å². The number of esters is 1. The van der Waals surface area contributed by atoms with Gasteiger partial charge in [-0.2, -0.15) is 0 Å². The molecule has 1 heterocycles. The Balaban J connectivity index is 1.43. The van der Waals surface area contributed by atoms with Gasteiger partial charge in [-0.1, -0.05) is 23.7 Å². The van der Waals surface area contributed by atoms with Crippen LogP contribution < -0.4 is 16.2 Å². The molecule has 1 aromatic rings. The molecule has 7 heteroatoms. The predicted octanol–water partition coefficient (Wildman–Crippen LogP) is 1.67. The summed E-state index contributed by atoms with van der Waals surface area (Å²) in [5.41, 5.74) is 6.80. The standard InChI is InChI=1S/C19H24ClN3O3/c1-26-17(24)16-14-10-13(5-6-15(14)22-23-16)21-18(25)19(7-8-19)11-3-2-4-12(20)9-11/h2-4,9,13-16,22-23H,5-8,10H2,1H3,(H,21,25). The lowest BCUT2D eigenvalue weighted by atomic mass is 9.79. The molecule has 1 aliphatic heterocycles. The number of hydrogen-bond donors (Lipinski definition) is 3. The van der Waals surface area contributed by atoms with Crippen LogP contribution >= 0.6 is 11.6 Å². The van der Waals surface area contributed by atoms with Crippen molar-refractivity contribution < 1.29 is 14.3 Å². The zero-order valence-corrected chi connectivity index (χ0v) is 15.5. The smallest absolute Gasteiger partial charge is 0.324 e.